The molecular weight excluding hydrogens is 256 g/mol. The maximum absolute atomic E-state index is 11.4. The van der Waals surface area contributed by atoms with E-state index in [1.165, 1.54) is 0 Å². The van der Waals surface area contributed by atoms with Gasteiger partial charge in [-0.1, -0.05) is 20.8 Å². The zero-order chi connectivity index (χ0) is 15.2. The molecule has 0 spiro atoms. The lowest BCUT2D eigenvalue weighted by molar-refractivity contribution is -0.120. The number of amides is 1. The van der Waals surface area contributed by atoms with Crippen LogP contribution in [-0.4, -0.2) is 51.8 Å². The van der Waals surface area contributed by atoms with Crippen LogP contribution in [0.25, 0.3) is 0 Å². The van der Waals surface area contributed by atoms with Crippen LogP contribution in [0.4, 0.5) is 0 Å². The van der Waals surface area contributed by atoms with E-state index >= 15 is 0 Å². The molecule has 118 valence electrons. The molecule has 0 aliphatic carbocycles. The smallest absolute Gasteiger partial charge is 0.239 e. The second kappa shape index (κ2) is 12.7. The summed E-state index contributed by atoms with van der Waals surface area (Å²) in [6.45, 7) is 9.54. The van der Waals surface area contributed by atoms with Crippen LogP contribution in [0.5, 0.6) is 0 Å². The number of carbonyl (C=O) groups excluding carboxylic acids is 1. The molecule has 0 aromatic rings. The fourth-order valence-corrected chi connectivity index (χ4v) is 1.41. The minimum absolute atomic E-state index is 0.0185. The Balaban J connectivity index is 3.60. The van der Waals surface area contributed by atoms with E-state index in [0.29, 0.717) is 18.4 Å². The third-order valence-electron chi connectivity index (χ3n) is 2.42. The monoisotopic (exact) mass is 286 g/mol. The van der Waals surface area contributed by atoms with Crippen molar-refractivity contribution in [3.8, 4) is 0 Å². The van der Waals surface area contributed by atoms with Gasteiger partial charge in [0.1, 0.15) is 0 Å². The van der Waals surface area contributed by atoms with E-state index in [0.717, 1.165) is 32.6 Å². The van der Waals surface area contributed by atoms with E-state index in [1.54, 1.807) is 7.05 Å². The summed E-state index contributed by atoms with van der Waals surface area (Å²) in [5.41, 5.74) is 0. The van der Waals surface area contributed by atoms with Gasteiger partial charge >= 0.3 is 0 Å². The number of nitrogens with one attached hydrogen (secondary N) is 3. The summed E-state index contributed by atoms with van der Waals surface area (Å²) >= 11 is 0. The van der Waals surface area contributed by atoms with E-state index < -0.39 is 0 Å². The van der Waals surface area contributed by atoms with Gasteiger partial charge in [0.15, 0.2) is 5.96 Å². The summed E-state index contributed by atoms with van der Waals surface area (Å²) in [5, 5.41) is 8.92. The van der Waals surface area contributed by atoms with E-state index in [-0.39, 0.29) is 12.5 Å². The van der Waals surface area contributed by atoms with Crippen molar-refractivity contribution in [2.75, 3.05) is 39.9 Å². The topological polar surface area (TPSA) is 74.8 Å². The van der Waals surface area contributed by atoms with Crippen LogP contribution in [0.1, 0.15) is 33.6 Å². The fraction of sp³-hybridized carbons (Fsp3) is 0.857. The minimum atomic E-state index is -0.0185. The van der Waals surface area contributed by atoms with E-state index in [4.69, 9.17) is 4.74 Å². The molecule has 0 aromatic heterocycles. The molecule has 0 saturated carbocycles. The Labute approximate surface area is 122 Å². The first-order valence-electron chi connectivity index (χ1n) is 7.39. The van der Waals surface area contributed by atoms with Crippen molar-refractivity contribution in [2.45, 2.75) is 33.6 Å². The summed E-state index contributed by atoms with van der Waals surface area (Å²) in [5.74, 6) is 1.19. The molecule has 0 atom stereocenters. The maximum Gasteiger partial charge on any atom is 0.239 e. The molecule has 1 amide bonds. The van der Waals surface area contributed by atoms with Crippen molar-refractivity contribution in [3.63, 3.8) is 0 Å². The van der Waals surface area contributed by atoms with Gasteiger partial charge in [0, 0.05) is 33.4 Å². The highest BCUT2D eigenvalue weighted by Gasteiger charge is 2.02. The first-order chi connectivity index (χ1) is 9.60. The average molecular weight is 286 g/mol. The molecular formula is C14H30N4O2. The van der Waals surface area contributed by atoms with Crippen LogP contribution in [0, 0.1) is 5.92 Å². The molecule has 0 fully saturated rings. The summed E-state index contributed by atoms with van der Waals surface area (Å²) in [4.78, 5) is 15.5. The van der Waals surface area contributed by atoms with Gasteiger partial charge in [0.25, 0.3) is 0 Å². The summed E-state index contributed by atoms with van der Waals surface area (Å²) in [7, 11) is 1.69. The van der Waals surface area contributed by atoms with Crippen molar-refractivity contribution in [3.05, 3.63) is 0 Å². The first-order valence-corrected chi connectivity index (χ1v) is 7.39. The van der Waals surface area contributed by atoms with Crippen molar-refractivity contribution in [1.82, 2.24) is 16.0 Å². The van der Waals surface area contributed by atoms with Crippen molar-refractivity contribution >= 4 is 11.9 Å². The predicted molar refractivity (Wildman–Crippen MR) is 82.9 cm³/mol. The van der Waals surface area contributed by atoms with Gasteiger partial charge in [-0.05, 0) is 18.8 Å². The van der Waals surface area contributed by atoms with Crippen LogP contribution in [0.15, 0.2) is 4.99 Å². The number of hydrogen-bond donors (Lipinski definition) is 3. The van der Waals surface area contributed by atoms with Gasteiger partial charge in [-0.2, -0.15) is 0 Å². The molecule has 0 bridgehead atoms. The number of aliphatic imine (C=N–C) groups is 1. The summed E-state index contributed by atoms with van der Waals surface area (Å²) < 4.78 is 5.49. The van der Waals surface area contributed by atoms with E-state index in [9.17, 15) is 4.79 Å². The maximum atomic E-state index is 11.4. The van der Waals surface area contributed by atoms with Crippen LogP contribution in [-0.2, 0) is 9.53 Å². The average Bonchev–Trinajstić information content (AvgIpc) is 2.43. The molecule has 0 aliphatic heterocycles. The Hall–Kier alpha value is -1.30. The first kappa shape index (κ1) is 18.7. The Kier molecular flexibility index (Phi) is 11.9. The molecule has 0 rings (SSSR count). The van der Waals surface area contributed by atoms with Crippen molar-refractivity contribution < 1.29 is 9.53 Å². The third-order valence-corrected chi connectivity index (χ3v) is 2.42. The number of carbonyl (C=O) groups is 1. The Morgan fingerprint density at radius 3 is 2.55 bits per heavy atom. The van der Waals surface area contributed by atoms with Crippen LogP contribution < -0.4 is 16.0 Å². The number of guanidine groups is 1. The van der Waals surface area contributed by atoms with Gasteiger partial charge in [-0.25, -0.2) is 0 Å². The molecule has 0 aromatic carbocycles. The highest BCUT2D eigenvalue weighted by molar-refractivity contribution is 5.86. The molecule has 6 nitrogen and oxygen atoms in total. The Morgan fingerprint density at radius 1 is 1.20 bits per heavy atom. The lowest BCUT2D eigenvalue weighted by Crippen LogP contribution is -2.43. The van der Waals surface area contributed by atoms with Crippen LogP contribution in [0.2, 0.25) is 0 Å². The third kappa shape index (κ3) is 11.8. The lowest BCUT2D eigenvalue weighted by atomic mass is 10.2. The number of rotatable bonds is 10. The second-order valence-corrected chi connectivity index (χ2v) is 5.02. The highest BCUT2D eigenvalue weighted by Crippen LogP contribution is 1.92. The van der Waals surface area contributed by atoms with Gasteiger partial charge in [0.05, 0.1) is 6.54 Å². The second-order valence-electron chi connectivity index (χ2n) is 5.02. The SMILES string of the molecule is CCCNC(=O)CNC(=NC)NCCCOCC(C)C. The number of nitrogens with zero attached hydrogens (tertiary/aromatic N) is 1. The number of ether oxygens (including phenoxy) is 1. The largest absolute Gasteiger partial charge is 0.381 e. The number of hydrogen-bond acceptors (Lipinski definition) is 3. The molecule has 0 radical (unpaired) electrons. The molecule has 0 heterocycles. The zero-order valence-corrected chi connectivity index (χ0v) is 13.3. The molecule has 0 unspecified atom stereocenters. The lowest BCUT2D eigenvalue weighted by Gasteiger charge is -2.12. The Bertz CT molecular complexity index is 280. The molecule has 3 N–H and O–H groups in total. The summed E-state index contributed by atoms with van der Waals surface area (Å²) in [6.07, 6.45) is 1.85. The van der Waals surface area contributed by atoms with Gasteiger partial charge in [-0.15, -0.1) is 0 Å². The highest BCUT2D eigenvalue weighted by atomic mass is 16.5. The quantitative estimate of drug-likeness (QED) is 0.315. The predicted octanol–water partition coefficient (Wildman–Crippen LogP) is 0.740. The van der Waals surface area contributed by atoms with Gasteiger partial charge in [-0.3, -0.25) is 9.79 Å². The van der Waals surface area contributed by atoms with E-state index in [2.05, 4.69) is 34.8 Å². The molecule has 0 saturated heterocycles. The van der Waals surface area contributed by atoms with E-state index in [1.807, 2.05) is 6.92 Å². The van der Waals surface area contributed by atoms with Crippen molar-refractivity contribution in [1.29, 1.82) is 0 Å². The summed E-state index contributed by atoms with van der Waals surface area (Å²) in [6, 6.07) is 0. The standard InChI is InChI=1S/C14H30N4O2/c1-5-7-16-13(19)10-18-14(15-4)17-8-6-9-20-11-12(2)3/h12H,5-11H2,1-4H3,(H,16,19)(H2,15,17,18). The molecule has 20 heavy (non-hydrogen) atoms. The van der Waals surface area contributed by atoms with Crippen LogP contribution >= 0.6 is 0 Å². The zero-order valence-electron chi connectivity index (χ0n) is 13.3. The van der Waals surface area contributed by atoms with Gasteiger partial charge < -0.3 is 20.7 Å². The van der Waals surface area contributed by atoms with Crippen molar-refractivity contribution in [2.24, 2.45) is 10.9 Å². The van der Waals surface area contributed by atoms with Crippen LogP contribution in [0.3, 0.4) is 0 Å². The Morgan fingerprint density at radius 2 is 1.95 bits per heavy atom. The van der Waals surface area contributed by atoms with Gasteiger partial charge in [0.2, 0.25) is 5.91 Å². The normalized spacial score (nSPS) is 11.6. The molecule has 0 aliphatic rings. The fourth-order valence-electron chi connectivity index (χ4n) is 1.41. The minimum Gasteiger partial charge on any atom is -0.381 e. The molecule has 6 heteroatoms.